The monoisotopic (exact) mass is 186 g/mol. The van der Waals surface area contributed by atoms with Crippen LogP contribution in [0.15, 0.2) is 18.2 Å². The van der Waals surface area contributed by atoms with Crippen molar-refractivity contribution in [3.63, 3.8) is 0 Å². The first-order chi connectivity index (χ1) is 6.11. The first-order valence-electron chi connectivity index (χ1n) is 4.17. The molecule has 72 valence electrons. The average molecular weight is 186 g/mol. The second-order valence-corrected chi connectivity index (χ2v) is 3.27. The van der Waals surface area contributed by atoms with Crippen molar-refractivity contribution >= 4 is 0 Å². The van der Waals surface area contributed by atoms with Crippen molar-refractivity contribution in [2.24, 2.45) is 5.92 Å². The summed E-state index contributed by atoms with van der Waals surface area (Å²) in [5, 5.41) is 8.75. The van der Waals surface area contributed by atoms with E-state index in [2.05, 4.69) is 0 Å². The second kappa shape index (κ2) is 4.33. The fourth-order valence-corrected chi connectivity index (χ4v) is 1.20. The number of hydrogen-bond donors (Lipinski definition) is 1. The second-order valence-electron chi connectivity index (χ2n) is 3.27. The molecule has 0 amide bonds. The number of aliphatic hydroxyl groups excluding tert-OH is 1. The van der Waals surface area contributed by atoms with Crippen LogP contribution in [-0.2, 0) is 6.42 Å². The molecule has 0 heterocycles. The lowest BCUT2D eigenvalue weighted by Gasteiger charge is -2.07. The number of benzene rings is 1. The molecule has 0 aliphatic heterocycles. The Morgan fingerprint density at radius 1 is 1.23 bits per heavy atom. The van der Waals surface area contributed by atoms with Crippen LogP contribution in [0.5, 0.6) is 0 Å². The third-order valence-corrected chi connectivity index (χ3v) is 1.82. The summed E-state index contributed by atoms with van der Waals surface area (Å²) in [5.74, 6) is -1.11. The Labute approximate surface area is 76.0 Å². The fraction of sp³-hybridized carbons (Fsp3) is 0.400. The summed E-state index contributed by atoms with van der Waals surface area (Å²) in [6.45, 7) is 1.85. The van der Waals surface area contributed by atoms with Gasteiger partial charge in [0.25, 0.3) is 0 Å². The number of rotatable bonds is 3. The minimum Gasteiger partial charge on any atom is -0.396 e. The summed E-state index contributed by atoms with van der Waals surface area (Å²) >= 11 is 0. The van der Waals surface area contributed by atoms with Crippen molar-refractivity contribution in [2.75, 3.05) is 6.61 Å². The highest BCUT2D eigenvalue weighted by molar-refractivity contribution is 5.18. The van der Waals surface area contributed by atoms with E-state index >= 15 is 0 Å². The summed E-state index contributed by atoms with van der Waals surface area (Å²) in [5.41, 5.74) is 0.582. The molecule has 13 heavy (non-hydrogen) atoms. The Balaban J connectivity index is 2.77. The zero-order valence-electron chi connectivity index (χ0n) is 7.43. The van der Waals surface area contributed by atoms with Gasteiger partial charge in [-0.1, -0.05) is 6.92 Å². The van der Waals surface area contributed by atoms with Gasteiger partial charge in [-0.05, 0) is 30.0 Å². The maximum absolute atomic E-state index is 12.7. The van der Waals surface area contributed by atoms with Crippen LogP contribution in [0.3, 0.4) is 0 Å². The Morgan fingerprint density at radius 2 is 1.77 bits per heavy atom. The Morgan fingerprint density at radius 3 is 2.23 bits per heavy atom. The van der Waals surface area contributed by atoms with Crippen LogP contribution in [0.25, 0.3) is 0 Å². The number of hydrogen-bond acceptors (Lipinski definition) is 1. The molecule has 0 aliphatic rings. The molecule has 0 spiro atoms. The van der Waals surface area contributed by atoms with E-state index in [1.54, 1.807) is 0 Å². The first-order valence-corrected chi connectivity index (χ1v) is 4.17. The van der Waals surface area contributed by atoms with Crippen molar-refractivity contribution in [3.05, 3.63) is 35.4 Å². The molecule has 0 bridgehead atoms. The lowest BCUT2D eigenvalue weighted by Crippen LogP contribution is -2.05. The van der Waals surface area contributed by atoms with Gasteiger partial charge in [-0.3, -0.25) is 0 Å². The molecule has 0 aliphatic carbocycles. The highest BCUT2D eigenvalue weighted by Gasteiger charge is 2.05. The number of aliphatic hydroxyl groups is 1. The molecule has 1 nitrogen and oxygen atoms in total. The molecule has 1 unspecified atom stereocenters. The molecule has 0 aromatic heterocycles. The minimum atomic E-state index is -0.569. The summed E-state index contributed by atoms with van der Waals surface area (Å²) in [6.07, 6.45) is 0.491. The smallest absolute Gasteiger partial charge is 0.126 e. The van der Waals surface area contributed by atoms with E-state index < -0.39 is 11.6 Å². The number of halogens is 2. The Bertz CT molecular complexity index is 266. The predicted octanol–water partition coefficient (Wildman–Crippen LogP) is 2.14. The van der Waals surface area contributed by atoms with Crippen molar-refractivity contribution in [1.82, 2.24) is 0 Å². The zero-order valence-corrected chi connectivity index (χ0v) is 7.43. The average Bonchev–Trinajstić information content (AvgIpc) is 2.02. The van der Waals surface area contributed by atoms with Gasteiger partial charge in [-0.15, -0.1) is 0 Å². The quantitative estimate of drug-likeness (QED) is 0.766. The Kier molecular flexibility index (Phi) is 3.37. The topological polar surface area (TPSA) is 20.2 Å². The molecule has 1 N–H and O–H groups in total. The first kappa shape index (κ1) is 10.1. The van der Waals surface area contributed by atoms with Crippen LogP contribution in [0.2, 0.25) is 0 Å². The molecular weight excluding hydrogens is 174 g/mol. The van der Waals surface area contributed by atoms with Crippen molar-refractivity contribution in [3.8, 4) is 0 Å². The van der Waals surface area contributed by atoms with Gasteiger partial charge in [0.2, 0.25) is 0 Å². The van der Waals surface area contributed by atoms with E-state index in [0.29, 0.717) is 12.0 Å². The maximum Gasteiger partial charge on any atom is 0.126 e. The van der Waals surface area contributed by atoms with Crippen molar-refractivity contribution < 1.29 is 13.9 Å². The molecule has 1 atom stereocenters. The van der Waals surface area contributed by atoms with E-state index in [4.69, 9.17) is 5.11 Å². The van der Waals surface area contributed by atoms with E-state index in [1.807, 2.05) is 6.92 Å². The third-order valence-electron chi connectivity index (χ3n) is 1.82. The fourth-order valence-electron chi connectivity index (χ4n) is 1.20. The molecule has 1 rings (SSSR count). The van der Waals surface area contributed by atoms with E-state index in [1.165, 1.54) is 12.1 Å². The molecule has 0 saturated heterocycles. The molecular formula is C10H12F2O. The van der Waals surface area contributed by atoms with Crippen LogP contribution >= 0.6 is 0 Å². The van der Waals surface area contributed by atoms with E-state index in [0.717, 1.165) is 6.07 Å². The van der Waals surface area contributed by atoms with Crippen LogP contribution in [0, 0.1) is 17.6 Å². The van der Waals surface area contributed by atoms with E-state index in [-0.39, 0.29) is 12.5 Å². The summed E-state index contributed by atoms with van der Waals surface area (Å²) in [7, 11) is 0. The van der Waals surface area contributed by atoms with Crippen molar-refractivity contribution in [1.29, 1.82) is 0 Å². The highest BCUT2D eigenvalue weighted by atomic mass is 19.1. The van der Waals surface area contributed by atoms with Gasteiger partial charge in [0.15, 0.2) is 0 Å². The van der Waals surface area contributed by atoms with Gasteiger partial charge < -0.3 is 5.11 Å². The van der Waals surface area contributed by atoms with Gasteiger partial charge in [0.1, 0.15) is 11.6 Å². The molecule has 3 heteroatoms. The van der Waals surface area contributed by atoms with Gasteiger partial charge >= 0.3 is 0 Å². The lowest BCUT2D eigenvalue weighted by atomic mass is 10.0. The minimum absolute atomic E-state index is 0.0259. The largest absolute Gasteiger partial charge is 0.396 e. The summed E-state index contributed by atoms with van der Waals surface area (Å²) in [4.78, 5) is 0. The van der Waals surface area contributed by atoms with Gasteiger partial charge in [0, 0.05) is 12.7 Å². The zero-order chi connectivity index (χ0) is 9.84. The van der Waals surface area contributed by atoms with Crippen LogP contribution < -0.4 is 0 Å². The highest BCUT2D eigenvalue weighted by Crippen LogP contribution is 2.12. The summed E-state index contributed by atoms with van der Waals surface area (Å²) < 4.78 is 25.4. The predicted molar refractivity (Wildman–Crippen MR) is 46.3 cm³/mol. The van der Waals surface area contributed by atoms with Gasteiger partial charge in [0.05, 0.1) is 0 Å². The molecule has 0 saturated carbocycles. The molecule has 1 aromatic rings. The van der Waals surface area contributed by atoms with E-state index in [9.17, 15) is 8.78 Å². The molecule has 1 aromatic carbocycles. The standard InChI is InChI=1S/C10H12F2O/c1-7(6-13)2-8-3-9(11)5-10(12)4-8/h3-5,7,13H,2,6H2,1H3. The third kappa shape index (κ3) is 3.11. The van der Waals surface area contributed by atoms with Gasteiger partial charge in [-0.25, -0.2) is 8.78 Å². The Hall–Kier alpha value is -0.960. The molecule has 0 fully saturated rings. The van der Waals surface area contributed by atoms with Gasteiger partial charge in [-0.2, -0.15) is 0 Å². The van der Waals surface area contributed by atoms with Crippen molar-refractivity contribution in [2.45, 2.75) is 13.3 Å². The van der Waals surface area contributed by atoms with Crippen LogP contribution in [0.1, 0.15) is 12.5 Å². The lowest BCUT2D eigenvalue weighted by molar-refractivity contribution is 0.237. The normalized spacial score (nSPS) is 12.9. The molecule has 0 radical (unpaired) electrons. The van der Waals surface area contributed by atoms with Crippen LogP contribution in [-0.4, -0.2) is 11.7 Å². The maximum atomic E-state index is 12.7. The summed E-state index contributed by atoms with van der Waals surface area (Å²) in [6, 6.07) is 3.41. The van der Waals surface area contributed by atoms with Crippen LogP contribution in [0.4, 0.5) is 8.78 Å². The SMILES string of the molecule is CC(CO)Cc1cc(F)cc(F)c1.